The third kappa shape index (κ3) is 6.27. The van der Waals surface area contributed by atoms with E-state index in [1.165, 1.54) is 7.11 Å². The van der Waals surface area contributed by atoms with Gasteiger partial charge in [-0.2, -0.15) is 0 Å². The molecule has 1 unspecified atom stereocenters. The van der Waals surface area contributed by atoms with E-state index in [1.807, 2.05) is 6.92 Å². The van der Waals surface area contributed by atoms with Crippen molar-refractivity contribution in [1.29, 1.82) is 0 Å². The van der Waals surface area contributed by atoms with E-state index in [-0.39, 0.29) is 25.4 Å². The van der Waals surface area contributed by atoms with Crippen LogP contribution in [0.15, 0.2) is 24.3 Å². The number of aliphatic carboxylic acids is 1. The van der Waals surface area contributed by atoms with Gasteiger partial charge < -0.3 is 19.9 Å². The van der Waals surface area contributed by atoms with E-state index in [4.69, 9.17) is 14.6 Å². The molecule has 116 valence electrons. The van der Waals surface area contributed by atoms with E-state index in [0.29, 0.717) is 6.61 Å². The molecule has 0 radical (unpaired) electrons. The number of rotatable bonds is 9. The van der Waals surface area contributed by atoms with E-state index in [2.05, 4.69) is 5.32 Å². The Hall–Kier alpha value is -2.08. The van der Waals surface area contributed by atoms with Gasteiger partial charge in [-0.15, -0.1) is 0 Å². The van der Waals surface area contributed by atoms with Crippen molar-refractivity contribution in [2.24, 2.45) is 0 Å². The summed E-state index contributed by atoms with van der Waals surface area (Å²) in [6.07, 6.45) is 0.365. The first-order valence-electron chi connectivity index (χ1n) is 6.79. The first-order valence-corrected chi connectivity index (χ1v) is 6.79. The van der Waals surface area contributed by atoms with E-state index in [1.54, 1.807) is 24.3 Å². The predicted octanol–water partition coefficient (Wildman–Crippen LogP) is 1.23. The van der Waals surface area contributed by atoms with Gasteiger partial charge in [-0.05, 0) is 24.6 Å². The molecule has 0 saturated carbocycles. The van der Waals surface area contributed by atoms with Crippen LogP contribution in [0.4, 0.5) is 0 Å². The van der Waals surface area contributed by atoms with Crippen LogP contribution in [0.25, 0.3) is 0 Å². The number of methoxy groups -OCH3 is 1. The zero-order valence-electron chi connectivity index (χ0n) is 12.3. The van der Waals surface area contributed by atoms with Gasteiger partial charge in [0.05, 0.1) is 13.0 Å². The monoisotopic (exact) mass is 295 g/mol. The average Bonchev–Trinajstić information content (AvgIpc) is 2.45. The summed E-state index contributed by atoms with van der Waals surface area (Å²) in [6.45, 7) is 2.76. The number of hydrogen-bond donors (Lipinski definition) is 2. The maximum atomic E-state index is 11.9. The summed E-state index contributed by atoms with van der Waals surface area (Å²) in [7, 11) is 1.49. The average molecular weight is 295 g/mol. The van der Waals surface area contributed by atoms with Crippen molar-refractivity contribution in [3.05, 3.63) is 29.8 Å². The molecule has 21 heavy (non-hydrogen) atoms. The third-order valence-electron chi connectivity index (χ3n) is 2.84. The minimum atomic E-state index is -1.06. The lowest BCUT2D eigenvalue weighted by Crippen LogP contribution is -2.42. The molecule has 6 nitrogen and oxygen atoms in total. The summed E-state index contributed by atoms with van der Waals surface area (Å²) in [6, 6.07) is 6.21. The van der Waals surface area contributed by atoms with Gasteiger partial charge in [0.1, 0.15) is 11.8 Å². The SMILES string of the molecule is CCOc1ccc(CC(=O)NC(CCOC)C(=O)O)cc1. The minimum Gasteiger partial charge on any atom is -0.494 e. The molecule has 6 heteroatoms. The van der Waals surface area contributed by atoms with Crippen molar-refractivity contribution in [1.82, 2.24) is 5.32 Å². The Kier molecular flexibility index (Phi) is 7.25. The molecule has 0 aliphatic rings. The zero-order valence-corrected chi connectivity index (χ0v) is 12.3. The highest BCUT2D eigenvalue weighted by atomic mass is 16.5. The molecule has 0 aromatic heterocycles. The molecular weight excluding hydrogens is 274 g/mol. The van der Waals surface area contributed by atoms with E-state index < -0.39 is 12.0 Å². The van der Waals surface area contributed by atoms with Crippen LogP contribution in [0.3, 0.4) is 0 Å². The number of benzene rings is 1. The molecule has 0 fully saturated rings. The Balaban J connectivity index is 2.52. The highest BCUT2D eigenvalue weighted by molar-refractivity contribution is 5.84. The highest BCUT2D eigenvalue weighted by Crippen LogP contribution is 2.12. The van der Waals surface area contributed by atoms with Crippen molar-refractivity contribution in [3.63, 3.8) is 0 Å². The fraction of sp³-hybridized carbons (Fsp3) is 0.467. The second-order valence-corrected chi connectivity index (χ2v) is 4.49. The Morgan fingerprint density at radius 1 is 1.29 bits per heavy atom. The number of carboxylic acids is 1. The first-order chi connectivity index (χ1) is 10.1. The number of carbonyl (C=O) groups is 2. The lowest BCUT2D eigenvalue weighted by molar-refractivity contribution is -0.142. The normalized spacial score (nSPS) is 11.7. The van der Waals surface area contributed by atoms with Crippen molar-refractivity contribution >= 4 is 11.9 Å². The lowest BCUT2D eigenvalue weighted by Gasteiger charge is -2.14. The minimum absolute atomic E-state index is 0.128. The molecule has 0 aliphatic heterocycles. The smallest absolute Gasteiger partial charge is 0.326 e. The summed E-state index contributed by atoms with van der Waals surface area (Å²) >= 11 is 0. The maximum absolute atomic E-state index is 11.9. The Labute approximate surface area is 124 Å². The molecule has 1 atom stereocenters. The molecule has 0 aliphatic carbocycles. The molecule has 1 aromatic carbocycles. The topological polar surface area (TPSA) is 84.9 Å². The van der Waals surface area contributed by atoms with Crippen LogP contribution in [0.5, 0.6) is 5.75 Å². The van der Waals surface area contributed by atoms with E-state index in [0.717, 1.165) is 11.3 Å². The summed E-state index contributed by atoms with van der Waals surface area (Å²) in [5.74, 6) is -0.653. The molecule has 1 amide bonds. The van der Waals surface area contributed by atoms with Crippen LogP contribution in [-0.4, -0.2) is 43.3 Å². The second-order valence-electron chi connectivity index (χ2n) is 4.49. The van der Waals surface area contributed by atoms with Gasteiger partial charge in [0.25, 0.3) is 0 Å². The van der Waals surface area contributed by atoms with Gasteiger partial charge in [0.15, 0.2) is 0 Å². The second kappa shape index (κ2) is 8.97. The van der Waals surface area contributed by atoms with Crippen LogP contribution in [-0.2, 0) is 20.7 Å². The molecular formula is C15H21NO5. The Bertz CT molecular complexity index is 458. The number of amides is 1. The summed E-state index contributed by atoms with van der Waals surface area (Å²) in [5.41, 5.74) is 0.798. The van der Waals surface area contributed by atoms with Crippen LogP contribution in [0.2, 0.25) is 0 Å². The maximum Gasteiger partial charge on any atom is 0.326 e. The van der Waals surface area contributed by atoms with E-state index in [9.17, 15) is 9.59 Å². The van der Waals surface area contributed by atoms with Crippen molar-refractivity contribution in [2.75, 3.05) is 20.3 Å². The van der Waals surface area contributed by atoms with Crippen LogP contribution < -0.4 is 10.1 Å². The number of ether oxygens (including phenoxy) is 2. The molecule has 1 aromatic rings. The molecule has 0 spiro atoms. The van der Waals surface area contributed by atoms with Crippen LogP contribution in [0.1, 0.15) is 18.9 Å². The van der Waals surface area contributed by atoms with Crippen molar-refractivity contribution in [3.8, 4) is 5.75 Å². The summed E-state index contributed by atoms with van der Waals surface area (Å²) in [4.78, 5) is 22.9. The largest absolute Gasteiger partial charge is 0.494 e. The van der Waals surface area contributed by atoms with Crippen LogP contribution >= 0.6 is 0 Å². The van der Waals surface area contributed by atoms with Crippen LogP contribution in [0, 0.1) is 0 Å². The molecule has 0 bridgehead atoms. The predicted molar refractivity (Wildman–Crippen MR) is 77.4 cm³/mol. The summed E-state index contributed by atoms with van der Waals surface area (Å²) in [5, 5.41) is 11.5. The van der Waals surface area contributed by atoms with Gasteiger partial charge in [0.2, 0.25) is 5.91 Å². The van der Waals surface area contributed by atoms with Gasteiger partial charge in [-0.3, -0.25) is 4.79 Å². The number of carboxylic acid groups (broad SMARTS) is 1. The lowest BCUT2D eigenvalue weighted by atomic mass is 10.1. The summed E-state index contributed by atoms with van der Waals surface area (Å²) < 4.78 is 10.1. The quantitative estimate of drug-likeness (QED) is 0.716. The van der Waals surface area contributed by atoms with Crippen molar-refractivity contribution < 1.29 is 24.2 Å². The zero-order chi connectivity index (χ0) is 15.7. The van der Waals surface area contributed by atoms with Gasteiger partial charge in [0, 0.05) is 20.1 Å². The van der Waals surface area contributed by atoms with Crippen molar-refractivity contribution in [2.45, 2.75) is 25.8 Å². The standard InChI is InChI=1S/C15H21NO5/c1-3-21-12-6-4-11(5-7-12)10-14(17)16-13(15(18)19)8-9-20-2/h4-7,13H,3,8-10H2,1-2H3,(H,16,17)(H,18,19). The highest BCUT2D eigenvalue weighted by Gasteiger charge is 2.19. The van der Waals surface area contributed by atoms with E-state index >= 15 is 0 Å². The fourth-order valence-corrected chi connectivity index (χ4v) is 1.79. The number of nitrogens with one attached hydrogen (secondary N) is 1. The molecule has 0 heterocycles. The number of hydrogen-bond acceptors (Lipinski definition) is 4. The molecule has 1 rings (SSSR count). The third-order valence-corrected chi connectivity index (χ3v) is 2.84. The molecule has 0 saturated heterocycles. The Morgan fingerprint density at radius 3 is 2.48 bits per heavy atom. The first kappa shape index (κ1) is 17.0. The van der Waals surface area contributed by atoms with Gasteiger partial charge in [-0.1, -0.05) is 12.1 Å². The number of carbonyl (C=O) groups excluding carboxylic acids is 1. The fourth-order valence-electron chi connectivity index (χ4n) is 1.79. The van der Waals surface area contributed by atoms with Gasteiger partial charge >= 0.3 is 5.97 Å². The molecule has 2 N–H and O–H groups in total. The van der Waals surface area contributed by atoms with Gasteiger partial charge in [-0.25, -0.2) is 4.79 Å². The Morgan fingerprint density at radius 2 is 1.95 bits per heavy atom.